The van der Waals surface area contributed by atoms with Gasteiger partial charge < -0.3 is 10.1 Å². The molecular formula is C14H14BrF4NO3. The number of esters is 1. The zero-order valence-electron chi connectivity index (χ0n) is 11.8. The lowest BCUT2D eigenvalue weighted by atomic mass is 10.2. The fourth-order valence-corrected chi connectivity index (χ4v) is 1.89. The number of ether oxygens (including phenoxy) is 1. The summed E-state index contributed by atoms with van der Waals surface area (Å²) in [6.07, 6.45) is -4.19. The highest BCUT2D eigenvalue weighted by molar-refractivity contribution is 9.10. The number of anilines is 1. The third-order valence-corrected chi connectivity index (χ3v) is 3.13. The molecule has 0 fully saturated rings. The Bertz CT molecular complexity index is 555. The van der Waals surface area contributed by atoms with E-state index in [0.29, 0.717) is 5.69 Å². The molecule has 1 amide bonds. The first-order chi connectivity index (χ1) is 10.7. The highest BCUT2D eigenvalue weighted by atomic mass is 79.9. The topological polar surface area (TPSA) is 55.4 Å². The maximum absolute atomic E-state index is 12.5. The number of alkyl halides is 4. The summed E-state index contributed by atoms with van der Waals surface area (Å²) in [7, 11) is 0. The molecule has 0 atom stereocenters. The van der Waals surface area contributed by atoms with Gasteiger partial charge in [-0.1, -0.05) is 22.0 Å². The van der Waals surface area contributed by atoms with Crippen molar-refractivity contribution in [2.24, 2.45) is 0 Å². The van der Waals surface area contributed by atoms with Crippen LogP contribution in [0.3, 0.4) is 0 Å². The first kappa shape index (κ1) is 19.4. The zero-order chi connectivity index (χ0) is 17.5. The summed E-state index contributed by atoms with van der Waals surface area (Å²) in [4.78, 5) is 22.8. The van der Waals surface area contributed by atoms with Gasteiger partial charge in [0, 0.05) is 23.0 Å². The number of hydrogen-bond acceptors (Lipinski definition) is 3. The van der Waals surface area contributed by atoms with Crippen molar-refractivity contribution in [1.29, 1.82) is 0 Å². The van der Waals surface area contributed by atoms with Crippen molar-refractivity contribution in [3.8, 4) is 0 Å². The highest BCUT2D eigenvalue weighted by Crippen LogP contribution is 2.23. The van der Waals surface area contributed by atoms with Crippen LogP contribution in [0.25, 0.3) is 0 Å². The Hall–Kier alpha value is -1.64. The highest BCUT2D eigenvalue weighted by Gasteiger charge is 2.42. The standard InChI is InChI=1S/C14H14BrF4NO3/c15-9-3-1-4-10(7-9)20-11(21)5-2-6-12(22)23-8-14(18,19)13(16)17/h1,3-4,7,13H,2,5-6,8H2,(H,20,21). The van der Waals surface area contributed by atoms with Gasteiger partial charge in [-0.25, -0.2) is 8.78 Å². The molecular weight excluding hydrogens is 386 g/mol. The Morgan fingerprint density at radius 3 is 2.57 bits per heavy atom. The van der Waals surface area contributed by atoms with Crippen LogP contribution in [0, 0.1) is 0 Å². The predicted octanol–water partition coefficient (Wildman–Crippen LogP) is 4.00. The van der Waals surface area contributed by atoms with Crippen LogP contribution in [0.15, 0.2) is 28.7 Å². The van der Waals surface area contributed by atoms with E-state index in [9.17, 15) is 27.2 Å². The minimum atomic E-state index is -4.37. The van der Waals surface area contributed by atoms with Crippen LogP contribution in [0.5, 0.6) is 0 Å². The molecule has 0 saturated heterocycles. The predicted molar refractivity (Wildman–Crippen MR) is 78.5 cm³/mol. The molecule has 0 aromatic heterocycles. The van der Waals surface area contributed by atoms with Crippen LogP contribution in [0.4, 0.5) is 23.2 Å². The van der Waals surface area contributed by atoms with Gasteiger partial charge in [-0.2, -0.15) is 8.78 Å². The Morgan fingerprint density at radius 1 is 1.26 bits per heavy atom. The summed E-state index contributed by atoms with van der Waals surface area (Å²) in [6, 6.07) is 6.85. The lowest BCUT2D eigenvalue weighted by Crippen LogP contribution is -2.33. The summed E-state index contributed by atoms with van der Waals surface area (Å²) in [6.45, 7) is -1.67. The van der Waals surface area contributed by atoms with Crippen molar-refractivity contribution < 1.29 is 31.9 Å². The van der Waals surface area contributed by atoms with E-state index in [0.717, 1.165) is 4.47 Å². The zero-order valence-corrected chi connectivity index (χ0v) is 13.4. The second kappa shape index (κ2) is 8.85. The largest absolute Gasteiger partial charge is 0.459 e. The molecule has 0 bridgehead atoms. The van der Waals surface area contributed by atoms with Gasteiger partial charge in [0.05, 0.1) is 0 Å². The molecule has 4 nitrogen and oxygen atoms in total. The Labute approximate surface area is 138 Å². The van der Waals surface area contributed by atoms with E-state index in [1.165, 1.54) is 0 Å². The van der Waals surface area contributed by atoms with Crippen molar-refractivity contribution >= 4 is 33.5 Å². The number of hydrogen-bond donors (Lipinski definition) is 1. The number of nitrogens with one attached hydrogen (secondary N) is 1. The lowest BCUT2D eigenvalue weighted by molar-refractivity contribution is -0.179. The van der Waals surface area contributed by atoms with E-state index in [4.69, 9.17) is 0 Å². The van der Waals surface area contributed by atoms with Gasteiger partial charge in [-0.15, -0.1) is 0 Å². The van der Waals surface area contributed by atoms with Crippen LogP contribution in [0.1, 0.15) is 19.3 Å². The van der Waals surface area contributed by atoms with Crippen LogP contribution in [0.2, 0.25) is 0 Å². The van der Waals surface area contributed by atoms with Gasteiger partial charge in [-0.3, -0.25) is 9.59 Å². The van der Waals surface area contributed by atoms with E-state index in [-0.39, 0.29) is 25.2 Å². The first-order valence-electron chi connectivity index (χ1n) is 6.58. The Morgan fingerprint density at radius 2 is 1.96 bits per heavy atom. The summed E-state index contributed by atoms with van der Waals surface area (Å²) >= 11 is 3.24. The molecule has 0 radical (unpaired) electrons. The average Bonchev–Trinajstić information content (AvgIpc) is 2.45. The molecule has 1 aromatic rings. The molecule has 0 aliphatic heterocycles. The fraction of sp³-hybridized carbons (Fsp3) is 0.429. The van der Waals surface area contributed by atoms with Gasteiger partial charge >= 0.3 is 18.3 Å². The Kier molecular flexibility index (Phi) is 7.47. The molecule has 0 unspecified atom stereocenters. The summed E-state index contributed by atoms with van der Waals surface area (Å²) in [5.41, 5.74) is 0.559. The first-order valence-corrected chi connectivity index (χ1v) is 7.37. The maximum Gasteiger partial charge on any atom is 0.340 e. The van der Waals surface area contributed by atoms with Crippen molar-refractivity contribution in [2.75, 3.05) is 11.9 Å². The molecule has 1 rings (SSSR count). The number of carbonyl (C=O) groups excluding carboxylic acids is 2. The molecule has 9 heteroatoms. The third-order valence-electron chi connectivity index (χ3n) is 2.64. The molecule has 0 spiro atoms. The van der Waals surface area contributed by atoms with Gasteiger partial charge in [0.1, 0.15) is 0 Å². The average molecular weight is 400 g/mol. The van der Waals surface area contributed by atoms with Gasteiger partial charge in [-0.05, 0) is 24.6 Å². The normalized spacial score (nSPS) is 11.4. The summed E-state index contributed by atoms with van der Waals surface area (Å²) in [5, 5.41) is 2.59. The van der Waals surface area contributed by atoms with E-state index in [1.807, 2.05) is 0 Å². The number of halogens is 5. The lowest BCUT2D eigenvalue weighted by Gasteiger charge is -2.14. The Balaban J connectivity index is 2.25. The van der Waals surface area contributed by atoms with E-state index >= 15 is 0 Å². The molecule has 1 N–H and O–H groups in total. The number of amides is 1. The van der Waals surface area contributed by atoms with Gasteiger partial charge in [0.2, 0.25) is 5.91 Å². The van der Waals surface area contributed by atoms with Crippen molar-refractivity contribution in [2.45, 2.75) is 31.6 Å². The molecule has 128 valence electrons. The number of rotatable bonds is 8. The summed E-state index contributed by atoms with van der Waals surface area (Å²) in [5.74, 6) is -5.79. The quantitative estimate of drug-likeness (QED) is 0.530. The second-order valence-electron chi connectivity index (χ2n) is 4.63. The number of carbonyl (C=O) groups is 2. The molecule has 0 saturated carbocycles. The molecule has 0 aliphatic rings. The third kappa shape index (κ3) is 7.45. The molecule has 0 aliphatic carbocycles. The molecule has 1 aromatic carbocycles. The van der Waals surface area contributed by atoms with Gasteiger partial charge in [0.25, 0.3) is 0 Å². The second-order valence-corrected chi connectivity index (χ2v) is 5.55. The molecule has 23 heavy (non-hydrogen) atoms. The minimum Gasteiger partial charge on any atom is -0.459 e. The van der Waals surface area contributed by atoms with E-state index in [1.54, 1.807) is 24.3 Å². The monoisotopic (exact) mass is 399 g/mol. The van der Waals surface area contributed by atoms with Crippen LogP contribution in [-0.4, -0.2) is 30.8 Å². The smallest absolute Gasteiger partial charge is 0.340 e. The maximum atomic E-state index is 12.5. The van der Waals surface area contributed by atoms with Crippen LogP contribution in [-0.2, 0) is 14.3 Å². The van der Waals surface area contributed by atoms with Crippen molar-refractivity contribution in [1.82, 2.24) is 0 Å². The van der Waals surface area contributed by atoms with Gasteiger partial charge in [0.15, 0.2) is 6.61 Å². The fourth-order valence-electron chi connectivity index (χ4n) is 1.49. The van der Waals surface area contributed by atoms with Crippen LogP contribution >= 0.6 is 15.9 Å². The molecule has 0 heterocycles. The minimum absolute atomic E-state index is 0.0349. The SMILES string of the molecule is O=C(CCCC(=O)OCC(F)(F)C(F)F)Nc1cccc(Br)c1. The van der Waals surface area contributed by atoms with Crippen molar-refractivity contribution in [3.63, 3.8) is 0 Å². The van der Waals surface area contributed by atoms with Crippen molar-refractivity contribution in [3.05, 3.63) is 28.7 Å². The van der Waals surface area contributed by atoms with Crippen LogP contribution < -0.4 is 5.32 Å². The van der Waals surface area contributed by atoms with E-state index < -0.39 is 24.9 Å². The van der Waals surface area contributed by atoms with E-state index in [2.05, 4.69) is 26.0 Å². The number of benzene rings is 1. The summed E-state index contributed by atoms with van der Waals surface area (Å²) < 4.78 is 53.6.